The van der Waals surface area contributed by atoms with E-state index in [2.05, 4.69) is 20.8 Å². The molecule has 0 aliphatic heterocycles. The van der Waals surface area contributed by atoms with Crippen molar-refractivity contribution in [2.45, 2.75) is 124 Å². The van der Waals surface area contributed by atoms with Crippen molar-refractivity contribution in [3.63, 3.8) is 0 Å². The molecular formula is C35H52O4. The van der Waals surface area contributed by atoms with Crippen LogP contribution < -0.4 is 4.74 Å². The van der Waals surface area contributed by atoms with Gasteiger partial charge >= 0.3 is 11.9 Å². The predicted octanol–water partition coefficient (Wildman–Crippen LogP) is 10.3. The first kappa shape index (κ1) is 32.6. The fraction of sp³-hybridized carbons (Fsp3) is 0.600. The first-order valence-corrected chi connectivity index (χ1v) is 15.6. The Labute approximate surface area is 237 Å². The molecule has 2 aromatic rings. The fourth-order valence-corrected chi connectivity index (χ4v) is 4.58. The van der Waals surface area contributed by atoms with Gasteiger partial charge < -0.3 is 9.47 Å². The number of carbonyl (C=O) groups excluding carboxylic acids is 2. The van der Waals surface area contributed by atoms with E-state index in [0.29, 0.717) is 30.3 Å². The van der Waals surface area contributed by atoms with Gasteiger partial charge in [0.25, 0.3) is 0 Å². The van der Waals surface area contributed by atoms with Gasteiger partial charge in [-0.2, -0.15) is 0 Å². The molecule has 0 saturated heterocycles. The molecule has 4 heteroatoms. The van der Waals surface area contributed by atoms with Crippen LogP contribution >= 0.6 is 0 Å². The molecule has 0 aliphatic rings. The van der Waals surface area contributed by atoms with Gasteiger partial charge in [-0.15, -0.1) is 0 Å². The minimum atomic E-state index is -0.289. The largest absolute Gasteiger partial charge is 0.462 e. The summed E-state index contributed by atoms with van der Waals surface area (Å²) in [6.07, 6.45) is 19.7. The van der Waals surface area contributed by atoms with Crippen molar-refractivity contribution in [2.75, 3.05) is 6.61 Å². The molecule has 216 valence electrons. The first-order valence-electron chi connectivity index (χ1n) is 15.6. The van der Waals surface area contributed by atoms with Crippen LogP contribution in [0.3, 0.4) is 0 Å². The van der Waals surface area contributed by atoms with Crippen molar-refractivity contribution in [3.05, 3.63) is 54.1 Å². The highest BCUT2D eigenvalue weighted by Gasteiger charge is 2.10. The Balaban J connectivity index is 1.56. The van der Waals surface area contributed by atoms with E-state index >= 15 is 0 Å². The second kappa shape index (κ2) is 20.3. The summed E-state index contributed by atoms with van der Waals surface area (Å²) >= 11 is 0. The van der Waals surface area contributed by atoms with Gasteiger partial charge in [0.05, 0.1) is 12.2 Å². The number of hydrogen-bond acceptors (Lipinski definition) is 4. The minimum Gasteiger partial charge on any atom is -0.462 e. The highest BCUT2D eigenvalue weighted by atomic mass is 16.5. The monoisotopic (exact) mass is 536 g/mol. The van der Waals surface area contributed by atoms with E-state index < -0.39 is 0 Å². The van der Waals surface area contributed by atoms with Gasteiger partial charge in [0.1, 0.15) is 5.75 Å². The van der Waals surface area contributed by atoms with Gasteiger partial charge in [-0.05, 0) is 47.7 Å². The van der Waals surface area contributed by atoms with E-state index in [-0.39, 0.29) is 11.9 Å². The Kier molecular flexibility index (Phi) is 17.0. The molecule has 2 rings (SSSR count). The van der Waals surface area contributed by atoms with Crippen molar-refractivity contribution in [2.24, 2.45) is 5.92 Å². The third-order valence-electron chi connectivity index (χ3n) is 7.47. The molecule has 0 radical (unpaired) electrons. The standard InChI is InChI=1S/C35H52O4/c1-4-6-7-8-9-10-11-12-13-14-15-16-17-18-19-34(36)39-33-26-24-31(25-27-33)30-20-22-32(23-21-30)35(37)38-28-29(3)5-2/h20-27,29H,4-19,28H2,1-3H3. The Morgan fingerprint density at radius 2 is 1.10 bits per heavy atom. The molecular weight excluding hydrogens is 484 g/mol. The Morgan fingerprint density at radius 3 is 1.59 bits per heavy atom. The molecule has 1 unspecified atom stereocenters. The molecule has 0 aromatic heterocycles. The summed E-state index contributed by atoms with van der Waals surface area (Å²) in [4.78, 5) is 24.4. The van der Waals surface area contributed by atoms with Gasteiger partial charge in [0.2, 0.25) is 0 Å². The quantitative estimate of drug-likeness (QED) is 0.0904. The summed E-state index contributed by atoms with van der Waals surface area (Å²) < 4.78 is 10.9. The topological polar surface area (TPSA) is 52.6 Å². The second-order valence-electron chi connectivity index (χ2n) is 11.0. The lowest BCUT2D eigenvalue weighted by Crippen LogP contribution is -2.11. The van der Waals surface area contributed by atoms with Crippen LogP contribution in [0.25, 0.3) is 11.1 Å². The lowest BCUT2D eigenvalue weighted by molar-refractivity contribution is -0.134. The average Bonchev–Trinajstić information content (AvgIpc) is 2.96. The summed E-state index contributed by atoms with van der Waals surface area (Å²) in [5.41, 5.74) is 2.55. The van der Waals surface area contributed by atoms with Crippen molar-refractivity contribution in [1.29, 1.82) is 0 Å². The molecule has 4 nitrogen and oxygen atoms in total. The van der Waals surface area contributed by atoms with Crippen molar-refractivity contribution in [3.8, 4) is 16.9 Å². The molecule has 0 fully saturated rings. The molecule has 0 bridgehead atoms. The average molecular weight is 537 g/mol. The molecule has 0 N–H and O–H groups in total. The predicted molar refractivity (Wildman–Crippen MR) is 162 cm³/mol. The van der Waals surface area contributed by atoms with Crippen LogP contribution in [0, 0.1) is 5.92 Å². The van der Waals surface area contributed by atoms with Crippen molar-refractivity contribution < 1.29 is 19.1 Å². The number of unbranched alkanes of at least 4 members (excludes halogenated alkanes) is 13. The van der Waals surface area contributed by atoms with Crippen LogP contribution in [0.5, 0.6) is 5.75 Å². The van der Waals surface area contributed by atoms with Gasteiger partial charge in [-0.25, -0.2) is 4.79 Å². The summed E-state index contributed by atoms with van der Waals surface area (Å²) in [5.74, 6) is 0.476. The van der Waals surface area contributed by atoms with Crippen LogP contribution in [-0.2, 0) is 9.53 Å². The van der Waals surface area contributed by atoms with Gasteiger partial charge in [0, 0.05) is 6.42 Å². The Hall–Kier alpha value is -2.62. The molecule has 1 atom stereocenters. The Morgan fingerprint density at radius 1 is 0.641 bits per heavy atom. The number of esters is 2. The third kappa shape index (κ3) is 14.4. The zero-order valence-electron chi connectivity index (χ0n) is 24.8. The lowest BCUT2D eigenvalue weighted by Gasteiger charge is -2.10. The summed E-state index contributed by atoms with van der Waals surface area (Å²) in [7, 11) is 0. The van der Waals surface area contributed by atoms with E-state index in [4.69, 9.17) is 9.47 Å². The summed E-state index contributed by atoms with van der Waals surface area (Å²) in [5, 5.41) is 0. The summed E-state index contributed by atoms with van der Waals surface area (Å²) in [6.45, 7) is 6.86. The zero-order valence-corrected chi connectivity index (χ0v) is 24.8. The van der Waals surface area contributed by atoms with Gasteiger partial charge in [0.15, 0.2) is 0 Å². The minimum absolute atomic E-state index is 0.165. The van der Waals surface area contributed by atoms with E-state index in [0.717, 1.165) is 30.4 Å². The van der Waals surface area contributed by atoms with Gasteiger partial charge in [-0.3, -0.25) is 4.79 Å². The third-order valence-corrected chi connectivity index (χ3v) is 7.47. The molecule has 0 aliphatic carbocycles. The number of benzene rings is 2. The number of hydrogen-bond donors (Lipinski definition) is 0. The van der Waals surface area contributed by atoms with Crippen LogP contribution in [-0.4, -0.2) is 18.5 Å². The normalized spacial score (nSPS) is 11.8. The highest BCUT2D eigenvalue weighted by Crippen LogP contribution is 2.24. The van der Waals surface area contributed by atoms with Crippen LogP contribution in [0.15, 0.2) is 48.5 Å². The number of rotatable bonds is 21. The van der Waals surface area contributed by atoms with E-state index in [1.54, 1.807) is 12.1 Å². The second-order valence-corrected chi connectivity index (χ2v) is 11.0. The zero-order chi connectivity index (χ0) is 28.1. The van der Waals surface area contributed by atoms with Crippen LogP contribution in [0.2, 0.25) is 0 Å². The molecule has 2 aromatic carbocycles. The molecule has 0 amide bonds. The number of carbonyl (C=O) groups is 2. The van der Waals surface area contributed by atoms with Crippen LogP contribution in [0.1, 0.15) is 134 Å². The van der Waals surface area contributed by atoms with Crippen molar-refractivity contribution >= 4 is 11.9 Å². The SMILES string of the molecule is CCCCCCCCCCCCCCCCC(=O)Oc1ccc(-c2ccc(C(=O)OCC(C)CC)cc2)cc1. The van der Waals surface area contributed by atoms with E-state index in [9.17, 15) is 9.59 Å². The molecule has 39 heavy (non-hydrogen) atoms. The first-order chi connectivity index (χ1) is 19.0. The maximum absolute atomic E-state index is 12.2. The summed E-state index contributed by atoms with van der Waals surface area (Å²) in [6, 6.07) is 14.9. The highest BCUT2D eigenvalue weighted by molar-refractivity contribution is 5.90. The number of ether oxygens (including phenoxy) is 2. The van der Waals surface area contributed by atoms with E-state index in [1.807, 2.05) is 36.4 Å². The smallest absolute Gasteiger partial charge is 0.338 e. The van der Waals surface area contributed by atoms with E-state index in [1.165, 1.54) is 77.0 Å². The molecule has 0 heterocycles. The maximum atomic E-state index is 12.2. The van der Waals surface area contributed by atoms with Crippen molar-refractivity contribution in [1.82, 2.24) is 0 Å². The van der Waals surface area contributed by atoms with Crippen LogP contribution in [0.4, 0.5) is 0 Å². The molecule has 0 saturated carbocycles. The maximum Gasteiger partial charge on any atom is 0.338 e. The lowest BCUT2D eigenvalue weighted by atomic mass is 10.0. The Bertz CT molecular complexity index is 917. The molecule has 0 spiro atoms. The van der Waals surface area contributed by atoms with Gasteiger partial charge in [-0.1, -0.05) is 135 Å². The fourth-order valence-electron chi connectivity index (χ4n) is 4.58.